The first kappa shape index (κ1) is 60.5. The zero-order valence-electron chi connectivity index (χ0n) is 47.6. The molecule has 22 heteroatoms. The summed E-state index contributed by atoms with van der Waals surface area (Å²) in [5.41, 5.74) is 5.09. The van der Waals surface area contributed by atoms with Crippen LogP contribution in [0.15, 0.2) is 65.3 Å². The highest BCUT2D eigenvalue weighted by Gasteiger charge is 2.53. The van der Waals surface area contributed by atoms with Gasteiger partial charge in [0.1, 0.15) is 41.4 Å². The van der Waals surface area contributed by atoms with Crippen LogP contribution < -0.4 is 30.4 Å². The number of fused-ring (bicyclic) bond motifs is 1. The highest BCUT2D eigenvalue weighted by Crippen LogP contribution is 2.45. The minimum Gasteiger partial charge on any atom is -0.496 e. The topological polar surface area (TPSA) is 241 Å². The molecule has 3 fully saturated rings. The number of benzene rings is 2. The van der Waals surface area contributed by atoms with Gasteiger partial charge in [-0.1, -0.05) is 32.9 Å². The van der Waals surface area contributed by atoms with E-state index in [9.17, 15) is 29.5 Å². The van der Waals surface area contributed by atoms with Crippen LogP contribution in [0.3, 0.4) is 0 Å². The minimum atomic E-state index is -1.13. The SMILES string of the molecule is COc1cc(-c2cn(C)c(=O)c3cnccc23)cc(OC)c1CN1CCN(CCOCCOCCOCCOCCOc2cc(-c3scnc3C)ccc2CNC(=O)[C@@H]2C[C@@H](O)CN2C(=O)[C@@H](NC(=O)C2(C#N)CC2)C(C)(C)C)CC1. The average Bonchev–Trinajstić information content (AvgIpc) is 4.23. The van der Waals surface area contributed by atoms with Crippen molar-refractivity contribution in [2.24, 2.45) is 17.9 Å². The summed E-state index contributed by atoms with van der Waals surface area (Å²) in [6.07, 6.45) is 5.12. The van der Waals surface area contributed by atoms with Crippen molar-refractivity contribution >= 4 is 39.8 Å². The summed E-state index contributed by atoms with van der Waals surface area (Å²) in [7, 11) is 5.08. The Morgan fingerprint density at radius 2 is 1.49 bits per heavy atom. The predicted octanol–water partition coefficient (Wildman–Crippen LogP) is 4.73. The van der Waals surface area contributed by atoms with E-state index >= 15 is 0 Å². The van der Waals surface area contributed by atoms with Crippen LogP contribution in [-0.2, 0) is 53.5 Å². The smallest absolute Gasteiger partial charge is 0.259 e. The number of thiazole rings is 1. The van der Waals surface area contributed by atoms with Gasteiger partial charge in [-0.3, -0.25) is 34.0 Å². The lowest BCUT2D eigenvalue weighted by Gasteiger charge is -2.35. The number of nitrogens with one attached hydrogen (secondary N) is 2. The van der Waals surface area contributed by atoms with Gasteiger partial charge in [0.15, 0.2) is 0 Å². The van der Waals surface area contributed by atoms with Crippen molar-refractivity contribution in [1.82, 2.24) is 39.9 Å². The zero-order valence-corrected chi connectivity index (χ0v) is 48.4. The number of aliphatic hydroxyl groups excluding tert-OH is 1. The normalized spacial score (nSPS) is 17.6. The molecule has 0 spiro atoms. The largest absolute Gasteiger partial charge is 0.496 e. The molecule has 5 aromatic rings. The Kier molecular flexibility index (Phi) is 20.9. The molecule has 1 aliphatic carbocycles. The first-order valence-corrected chi connectivity index (χ1v) is 28.5. The quantitative estimate of drug-likeness (QED) is 0.0574. The summed E-state index contributed by atoms with van der Waals surface area (Å²) in [4.78, 5) is 69.5. The van der Waals surface area contributed by atoms with Crippen molar-refractivity contribution in [3.05, 3.63) is 87.7 Å². The van der Waals surface area contributed by atoms with E-state index in [0.717, 1.165) is 82.4 Å². The molecule has 3 amide bonds. The molecule has 1 saturated carbocycles. The van der Waals surface area contributed by atoms with Crippen molar-refractivity contribution < 1.29 is 52.6 Å². The number of amides is 3. The number of piperazine rings is 1. The number of pyridine rings is 2. The van der Waals surface area contributed by atoms with Gasteiger partial charge in [-0.05, 0) is 66.0 Å². The summed E-state index contributed by atoms with van der Waals surface area (Å²) in [6.45, 7) is 16.2. The molecule has 3 N–H and O–H groups in total. The van der Waals surface area contributed by atoms with Crippen molar-refractivity contribution in [1.29, 1.82) is 5.26 Å². The number of carbonyl (C=O) groups excluding carboxylic acids is 3. The van der Waals surface area contributed by atoms with Gasteiger partial charge in [0, 0.05) is 95.5 Å². The number of aromatic nitrogens is 3. The summed E-state index contributed by atoms with van der Waals surface area (Å²) in [5, 5.41) is 27.4. The minimum absolute atomic E-state index is 0.0384. The number of aryl methyl sites for hydroxylation is 2. The number of likely N-dealkylation sites (tertiary alicyclic amines) is 1. The van der Waals surface area contributed by atoms with Crippen molar-refractivity contribution in [3.63, 3.8) is 0 Å². The van der Waals surface area contributed by atoms with Crippen LogP contribution in [0.5, 0.6) is 17.2 Å². The van der Waals surface area contributed by atoms with Crippen molar-refractivity contribution in [3.8, 4) is 44.9 Å². The maximum atomic E-state index is 14.1. The lowest BCUT2D eigenvalue weighted by Crippen LogP contribution is -2.58. The fourth-order valence-corrected chi connectivity index (χ4v) is 11.0. The van der Waals surface area contributed by atoms with Gasteiger partial charge in [-0.25, -0.2) is 4.98 Å². The molecule has 0 radical (unpaired) electrons. The first-order valence-electron chi connectivity index (χ1n) is 27.6. The van der Waals surface area contributed by atoms with Gasteiger partial charge in [-0.15, -0.1) is 11.3 Å². The van der Waals surface area contributed by atoms with Gasteiger partial charge in [0.05, 0.1) is 106 Å². The highest BCUT2D eigenvalue weighted by atomic mass is 32.1. The fraction of sp³-hybridized carbons (Fsp3) is 0.542. The summed E-state index contributed by atoms with van der Waals surface area (Å²) in [6, 6.07) is 11.7. The van der Waals surface area contributed by atoms with E-state index in [0.29, 0.717) is 82.3 Å². The lowest BCUT2D eigenvalue weighted by molar-refractivity contribution is -0.144. The second kappa shape index (κ2) is 27.9. The Balaban J connectivity index is 0.698. The van der Waals surface area contributed by atoms with Gasteiger partial charge in [-0.2, -0.15) is 5.26 Å². The van der Waals surface area contributed by atoms with E-state index in [1.807, 2.05) is 70.3 Å². The van der Waals surface area contributed by atoms with Crippen LogP contribution in [0.2, 0.25) is 0 Å². The van der Waals surface area contributed by atoms with Crippen molar-refractivity contribution in [2.75, 3.05) is 113 Å². The highest BCUT2D eigenvalue weighted by molar-refractivity contribution is 7.13. The van der Waals surface area contributed by atoms with Gasteiger partial charge < -0.3 is 58.4 Å². The van der Waals surface area contributed by atoms with Crippen LogP contribution in [0.4, 0.5) is 0 Å². The third-order valence-electron chi connectivity index (χ3n) is 15.1. The third kappa shape index (κ3) is 15.3. The second-order valence-corrected chi connectivity index (χ2v) is 22.7. The summed E-state index contributed by atoms with van der Waals surface area (Å²) >= 11 is 1.52. The molecule has 2 saturated heterocycles. The number of β-amino-alcohol motifs (C(OH)–C–C–N with tert-alkyl or cyclic N) is 1. The van der Waals surface area contributed by atoms with E-state index in [-0.39, 0.29) is 38.3 Å². The Morgan fingerprint density at radius 3 is 2.10 bits per heavy atom. The maximum Gasteiger partial charge on any atom is 0.259 e. The van der Waals surface area contributed by atoms with E-state index in [1.54, 1.807) is 43.7 Å². The monoisotopic (exact) mass is 1140 g/mol. The molecule has 81 heavy (non-hydrogen) atoms. The van der Waals surface area contributed by atoms with E-state index in [1.165, 1.54) is 16.2 Å². The van der Waals surface area contributed by atoms with Crippen LogP contribution in [0.25, 0.3) is 32.3 Å². The molecule has 436 valence electrons. The first-order chi connectivity index (χ1) is 39.0. The molecule has 21 nitrogen and oxygen atoms in total. The molecular formula is C59H77N9O12S. The average molecular weight is 1140 g/mol. The zero-order chi connectivity index (χ0) is 57.7. The summed E-state index contributed by atoms with van der Waals surface area (Å²) in [5.74, 6) is 0.586. The molecule has 0 unspecified atom stereocenters. The molecular weight excluding hydrogens is 1060 g/mol. The van der Waals surface area contributed by atoms with Crippen LogP contribution in [0.1, 0.15) is 56.9 Å². The van der Waals surface area contributed by atoms with E-state index < -0.39 is 46.7 Å². The molecule has 0 bridgehead atoms. The Morgan fingerprint density at radius 1 is 0.864 bits per heavy atom. The number of methoxy groups -OCH3 is 2. The van der Waals surface area contributed by atoms with Gasteiger partial charge >= 0.3 is 0 Å². The number of carbonyl (C=O) groups is 3. The number of aliphatic hydroxyl groups is 1. The molecule has 3 aromatic heterocycles. The van der Waals surface area contributed by atoms with Gasteiger partial charge in [0.2, 0.25) is 17.7 Å². The number of nitrogens with zero attached hydrogens (tertiary/aromatic N) is 7. The number of nitriles is 1. The number of hydrogen-bond donors (Lipinski definition) is 3. The van der Waals surface area contributed by atoms with Crippen LogP contribution in [-0.4, -0.2) is 183 Å². The third-order valence-corrected chi connectivity index (χ3v) is 16.1. The number of ether oxygens (including phenoxy) is 7. The maximum absolute atomic E-state index is 14.1. The molecule has 2 aliphatic heterocycles. The van der Waals surface area contributed by atoms with E-state index in [2.05, 4.69) is 36.5 Å². The molecule has 8 rings (SSSR count). The molecule has 5 heterocycles. The Hall–Kier alpha value is -6.55. The lowest BCUT2D eigenvalue weighted by atomic mass is 9.85. The molecule has 3 aliphatic rings. The Bertz CT molecular complexity index is 3050. The van der Waals surface area contributed by atoms with E-state index in [4.69, 9.17) is 33.2 Å². The van der Waals surface area contributed by atoms with Crippen molar-refractivity contribution in [2.45, 2.75) is 78.2 Å². The van der Waals surface area contributed by atoms with Crippen LogP contribution in [0, 0.1) is 29.1 Å². The number of hydrogen-bond acceptors (Lipinski definition) is 18. The summed E-state index contributed by atoms with van der Waals surface area (Å²) < 4.78 is 42.8. The van der Waals surface area contributed by atoms with Crippen LogP contribution >= 0.6 is 11.3 Å². The molecule has 3 atom stereocenters. The fourth-order valence-electron chi connectivity index (χ4n) is 10.2. The Labute approximate surface area is 477 Å². The predicted molar refractivity (Wildman–Crippen MR) is 305 cm³/mol. The number of rotatable bonds is 28. The standard InChI is InChI=1S/C59H77N9O12S/c1-39-52(81-38-63-39)40-8-9-41(32-62-54(70)48-31-43(69)34-68(48)56(72)53(58(2,3)4)64-57(73)59(37-60)11-12-59)49(28-40)80-27-26-79-25-24-78-23-22-77-21-20-76-19-18-66-14-16-67(17-15-66)36-47-50(74-6)29-42(30-51(47)75-7)46-35-65(5)55(71)45-33-61-13-10-44(45)46/h8-10,13,28-30,33,35,38,43,48,53,69H,11-12,14-27,31-32,34,36H2,1-7H3,(H,62,70)(H,64,73)/t43-,48+,53-/m1/s1. The molecule has 2 aromatic carbocycles. The van der Waals surface area contributed by atoms with Gasteiger partial charge in [0.25, 0.3) is 5.56 Å². The second-order valence-electron chi connectivity index (χ2n) is 21.8.